The minimum absolute atomic E-state index is 0.232. The van der Waals surface area contributed by atoms with Crippen LogP contribution in [0.2, 0.25) is 5.02 Å². The highest BCUT2D eigenvalue weighted by Crippen LogP contribution is 2.23. The lowest BCUT2D eigenvalue weighted by Gasteiger charge is -2.13. The average molecular weight is 308 g/mol. The maximum Gasteiger partial charge on any atom is 0.179 e. The van der Waals surface area contributed by atoms with E-state index in [9.17, 15) is 0 Å². The van der Waals surface area contributed by atoms with Gasteiger partial charge in [0.1, 0.15) is 5.76 Å². The molecule has 0 fully saturated rings. The number of furan rings is 1. The molecule has 4 nitrogen and oxygen atoms in total. The third kappa shape index (κ3) is 2.51. The monoisotopic (exact) mass is 307 g/mol. The number of nitrogens with zero attached hydrogens (tertiary/aromatic N) is 2. The van der Waals surface area contributed by atoms with E-state index in [1.54, 1.807) is 12.5 Å². The normalized spacial score (nSPS) is 12.9. The fourth-order valence-electron chi connectivity index (χ4n) is 2.33. The summed E-state index contributed by atoms with van der Waals surface area (Å²) < 4.78 is 8.06. The molecule has 0 bridgehead atoms. The highest BCUT2D eigenvalue weighted by Gasteiger charge is 2.13. The first-order valence-electron chi connectivity index (χ1n) is 6.43. The number of nitrogens with one attached hydrogen (secondary N) is 1. The zero-order valence-corrected chi connectivity index (χ0v) is 12.5. The third-order valence-corrected chi connectivity index (χ3v) is 3.86. The van der Waals surface area contributed by atoms with E-state index in [0.717, 1.165) is 29.8 Å². The van der Waals surface area contributed by atoms with Gasteiger partial charge in [0, 0.05) is 18.7 Å². The van der Waals surface area contributed by atoms with Crippen molar-refractivity contribution >= 4 is 35.0 Å². The number of hydrogen-bond donors (Lipinski definition) is 1. The van der Waals surface area contributed by atoms with Gasteiger partial charge in [-0.2, -0.15) is 0 Å². The van der Waals surface area contributed by atoms with Crippen LogP contribution in [0.5, 0.6) is 0 Å². The summed E-state index contributed by atoms with van der Waals surface area (Å²) in [5, 5.41) is 0.601. The van der Waals surface area contributed by atoms with Crippen molar-refractivity contribution in [2.45, 2.75) is 25.8 Å². The Balaban J connectivity index is 1.89. The molecule has 0 saturated heterocycles. The van der Waals surface area contributed by atoms with Gasteiger partial charge in [-0.15, -0.1) is 0 Å². The molecule has 0 aromatic carbocycles. The van der Waals surface area contributed by atoms with Gasteiger partial charge in [0.2, 0.25) is 0 Å². The van der Waals surface area contributed by atoms with Crippen molar-refractivity contribution in [2.24, 2.45) is 0 Å². The van der Waals surface area contributed by atoms with E-state index in [-0.39, 0.29) is 6.04 Å². The Bertz CT molecular complexity index is 775. The molecule has 3 aromatic rings. The minimum atomic E-state index is 0.232. The summed E-state index contributed by atoms with van der Waals surface area (Å²) in [5.74, 6) is 0.985. The maximum absolute atomic E-state index is 5.95. The van der Waals surface area contributed by atoms with Crippen molar-refractivity contribution in [3.05, 3.63) is 46.2 Å². The molecule has 0 aliphatic rings. The summed E-state index contributed by atoms with van der Waals surface area (Å²) in [6, 6.07) is 5.96. The fraction of sp³-hybridized carbons (Fsp3) is 0.286. The van der Waals surface area contributed by atoms with Gasteiger partial charge < -0.3 is 9.40 Å². The Morgan fingerprint density at radius 2 is 2.40 bits per heavy atom. The molecule has 1 N–H and O–H groups in total. The van der Waals surface area contributed by atoms with Gasteiger partial charge >= 0.3 is 0 Å². The first kappa shape index (κ1) is 13.4. The Morgan fingerprint density at radius 1 is 1.55 bits per heavy atom. The Labute approximate surface area is 126 Å². The van der Waals surface area contributed by atoms with Crippen LogP contribution in [0.25, 0.3) is 11.2 Å². The van der Waals surface area contributed by atoms with Crippen molar-refractivity contribution in [1.29, 1.82) is 0 Å². The highest BCUT2D eigenvalue weighted by atomic mass is 35.5. The number of aromatic nitrogens is 3. The fourth-order valence-corrected chi connectivity index (χ4v) is 2.87. The molecule has 0 amide bonds. The lowest BCUT2D eigenvalue weighted by atomic mass is 10.1. The standard InChI is InChI=1S/C14H14ClN3OS/c1-9(4-5-11-3-2-6-19-11)18-13-12(17-14(18)20)7-10(15)8-16-13/h2-3,6-9H,4-5H2,1H3,(H,17,20). The lowest BCUT2D eigenvalue weighted by Crippen LogP contribution is -2.07. The van der Waals surface area contributed by atoms with E-state index >= 15 is 0 Å². The second-order valence-corrected chi connectivity index (χ2v) is 5.62. The van der Waals surface area contributed by atoms with Gasteiger partial charge in [-0.05, 0) is 43.8 Å². The van der Waals surface area contributed by atoms with Crippen LogP contribution in [0.3, 0.4) is 0 Å². The molecule has 6 heteroatoms. The molecule has 1 atom stereocenters. The summed E-state index contributed by atoms with van der Waals surface area (Å²) in [7, 11) is 0. The molecule has 3 aromatic heterocycles. The minimum Gasteiger partial charge on any atom is -0.469 e. The van der Waals surface area contributed by atoms with Crippen LogP contribution >= 0.6 is 23.8 Å². The predicted octanol–water partition coefficient (Wildman–Crippen LogP) is 4.53. The zero-order valence-electron chi connectivity index (χ0n) is 11.0. The van der Waals surface area contributed by atoms with E-state index in [1.807, 2.05) is 22.8 Å². The molecule has 3 rings (SSSR count). The molecule has 3 heterocycles. The largest absolute Gasteiger partial charge is 0.469 e. The molecule has 20 heavy (non-hydrogen) atoms. The van der Waals surface area contributed by atoms with Crippen molar-refractivity contribution in [2.75, 3.05) is 0 Å². The molecule has 104 valence electrons. The van der Waals surface area contributed by atoms with Crippen molar-refractivity contribution in [3.63, 3.8) is 0 Å². The van der Waals surface area contributed by atoms with E-state index in [2.05, 4.69) is 16.9 Å². The van der Waals surface area contributed by atoms with Gasteiger partial charge in [-0.1, -0.05) is 11.6 Å². The van der Waals surface area contributed by atoms with Gasteiger partial charge in [0.15, 0.2) is 10.4 Å². The van der Waals surface area contributed by atoms with E-state index in [4.69, 9.17) is 28.2 Å². The number of aromatic amines is 1. The lowest BCUT2D eigenvalue weighted by molar-refractivity contribution is 0.454. The first-order valence-corrected chi connectivity index (χ1v) is 7.22. The van der Waals surface area contributed by atoms with Gasteiger partial charge in [0.25, 0.3) is 0 Å². The molecule has 0 radical (unpaired) electrons. The molecule has 0 aliphatic carbocycles. The Morgan fingerprint density at radius 3 is 3.15 bits per heavy atom. The van der Waals surface area contributed by atoms with Crippen LogP contribution in [-0.4, -0.2) is 14.5 Å². The topological polar surface area (TPSA) is 46.8 Å². The van der Waals surface area contributed by atoms with E-state index < -0.39 is 0 Å². The maximum atomic E-state index is 5.95. The van der Waals surface area contributed by atoms with Crippen LogP contribution in [0, 0.1) is 4.77 Å². The Kier molecular flexibility index (Phi) is 3.63. The number of aryl methyl sites for hydroxylation is 1. The van der Waals surface area contributed by atoms with Crippen LogP contribution in [0.4, 0.5) is 0 Å². The molecular weight excluding hydrogens is 294 g/mol. The van der Waals surface area contributed by atoms with Gasteiger partial charge in [-0.3, -0.25) is 4.57 Å². The second-order valence-electron chi connectivity index (χ2n) is 4.79. The van der Waals surface area contributed by atoms with Crippen LogP contribution < -0.4 is 0 Å². The van der Waals surface area contributed by atoms with Gasteiger partial charge in [-0.25, -0.2) is 4.98 Å². The quantitative estimate of drug-likeness (QED) is 0.720. The van der Waals surface area contributed by atoms with E-state index in [1.165, 1.54) is 0 Å². The van der Waals surface area contributed by atoms with Crippen LogP contribution in [0.15, 0.2) is 35.1 Å². The summed E-state index contributed by atoms with van der Waals surface area (Å²) in [6.07, 6.45) is 5.14. The number of imidazole rings is 1. The number of hydrogen-bond acceptors (Lipinski definition) is 3. The smallest absolute Gasteiger partial charge is 0.179 e. The highest BCUT2D eigenvalue weighted by molar-refractivity contribution is 7.71. The summed E-state index contributed by atoms with van der Waals surface area (Å²) in [5.41, 5.74) is 1.71. The number of fused-ring (bicyclic) bond motifs is 1. The molecule has 1 unspecified atom stereocenters. The van der Waals surface area contributed by atoms with Crippen molar-refractivity contribution in [1.82, 2.24) is 14.5 Å². The van der Waals surface area contributed by atoms with Crippen LogP contribution in [0.1, 0.15) is 25.1 Å². The van der Waals surface area contributed by atoms with Crippen molar-refractivity contribution in [3.8, 4) is 0 Å². The molecular formula is C14H14ClN3OS. The number of halogens is 1. The van der Waals surface area contributed by atoms with Crippen LogP contribution in [-0.2, 0) is 6.42 Å². The number of rotatable bonds is 4. The molecule has 0 aliphatic heterocycles. The Hall–Kier alpha value is -1.59. The second kappa shape index (κ2) is 5.42. The number of H-pyrrole nitrogens is 1. The number of pyridine rings is 1. The summed E-state index contributed by atoms with van der Waals surface area (Å²) in [4.78, 5) is 7.53. The van der Waals surface area contributed by atoms with E-state index in [0.29, 0.717) is 9.79 Å². The molecule has 0 saturated carbocycles. The SMILES string of the molecule is CC(CCc1ccco1)n1c(=S)[nH]c2cc(Cl)cnc21. The molecule has 0 spiro atoms. The van der Waals surface area contributed by atoms with Gasteiger partial charge in [0.05, 0.1) is 16.8 Å². The summed E-state index contributed by atoms with van der Waals surface area (Å²) >= 11 is 11.3. The summed E-state index contributed by atoms with van der Waals surface area (Å²) in [6.45, 7) is 2.13. The predicted molar refractivity (Wildman–Crippen MR) is 81.7 cm³/mol. The third-order valence-electron chi connectivity index (χ3n) is 3.35. The zero-order chi connectivity index (χ0) is 14.1. The van der Waals surface area contributed by atoms with Crippen molar-refractivity contribution < 1.29 is 4.42 Å². The first-order chi connectivity index (χ1) is 9.65. The average Bonchev–Trinajstić information content (AvgIpc) is 3.02.